The quantitative estimate of drug-likeness (QED) is 0.555. The number of anilines is 1. The van der Waals surface area contributed by atoms with Crippen LogP contribution in [-0.4, -0.2) is 49.2 Å². The van der Waals surface area contributed by atoms with Crippen LogP contribution in [-0.2, 0) is 0 Å². The van der Waals surface area contributed by atoms with Crippen LogP contribution in [0.2, 0.25) is 0 Å². The minimum absolute atomic E-state index is 0.0312. The monoisotopic (exact) mass is 241 g/mol. The predicted octanol–water partition coefficient (Wildman–Crippen LogP) is 0.0490. The van der Waals surface area contributed by atoms with Crippen LogP contribution in [0.1, 0.15) is 0 Å². The van der Waals surface area contributed by atoms with Gasteiger partial charge in [-0.2, -0.15) is 4.98 Å². The SMILES string of the molecule is CNCCN(C)c1ncnc(OC)c1[N+](=O)[O-]. The molecule has 0 aliphatic rings. The van der Waals surface area contributed by atoms with Gasteiger partial charge in [0.05, 0.1) is 12.0 Å². The maximum atomic E-state index is 11.0. The molecule has 1 aromatic rings. The van der Waals surface area contributed by atoms with Crippen molar-refractivity contribution in [3.63, 3.8) is 0 Å². The first-order valence-electron chi connectivity index (χ1n) is 5.01. The molecule has 0 spiro atoms. The smallest absolute Gasteiger partial charge is 0.372 e. The zero-order chi connectivity index (χ0) is 12.8. The van der Waals surface area contributed by atoms with Crippen molar-refractivity contribution in [1.82, 2.24) is 15.3 Å². The fourth-order valence-corrected chi connectivity index (χ4v) is 1.33. The predicted molar refractivity (Wildman–Crippen MR) is 62.4 cm³/mol. The Balaban J connectivity index is 3.09. The van der Waals surface area contributed by atoms with Gasteiger partial charge in [-0.05, 0) is 7.05 Å². The van der Waals surface area contributed by atoms with E-state index in [9.17, 15) is 10.1 Å². The van der Waals surface area contributed by atoms with Gasteiger partial charge in [0.1, 0.15) is 6.33 Å². The second-order valence-corrected chi connectivity index (χ2v) is 3.34. The van der Waals surface area contributed by atoms with Gasteiger partial charge in [-0.1, -0.05) is 0 Å². The molecule has 0 unspecified atom stereocenters. The summed E-state index contributed by atoms with van der Waals surface area (Å²) in [7, 11) is 4.88. The largest absolute Gasteiger partial charge is 0.476 e. The molecule has 0 atom stereocenters. The lowest BCUT2D eigenvalue weighted by molar-refractivity contribution is -0.385. The summed E-state index contributed by atoms with van der Waals surface area (Å²) in [5, 5.41) is 13.9. The zero-order valence-corrected chi connectivity index (χ0v) is 10.0. The van der Waals surface area contributed by atoms with Crippen molar-refractivity contribution >= 4 is 11.5 Å². The lowest BCUT2D eigenvalue weighted by Gasteiger charge is -2.17. The molecule has 0 fully saturated rings. The van der Waals surface area contributed by atoms with Crippen molar-refractivity contribution in [2.75, 3.05) is 39.2 Å². The third kappa shape index (κ3) is 3.00. The first-order valence-corrected chi connectivity index (χ1v) is 5.01. The Morgan fingerprint density at radius 1 is 1.59 bits per heavy atom. The number of likely N-dealkylation sites (N-methyl/N-ethyl adjacent to an activating group) is 2. The third-order valence-electron chi connectivity index (χ3n) is 2.20. The summed E-state index contributed by atoms with van der Waals surface area (Å²) < 4.78 is 4.87. The highest BCUT2D eigenvalue weighted by Gasteiger charge is 2.25. The second kappa shape index (κ2) is 5.94. The van der Waals surface area contributed by atoms with Crippen molar-refractivity contribution in [3.8, 4) is 5.88 Å². The zero-order valence-electron chi connectivity index (χ0n) is 10.0. The Bertz CT molecular complexity index is 398. The van der Waals surface area contributed by atoms with Gasteiger partial charge in [0.25, 0.3) is 5.88 Å². The molecule has 17 heavy (non-hydrogen) atoms. The average Bonchev–Trinajstić information content (AvgIpc) is 2.34. The molecule has 1 aromatic heterocycles. The maximum Gasteiger partial charge on any atom is 0.372 e. The van der Waals surface area contributed by atoms with Crippen LogP contribution in [0.25, 0.3) is 0 Å². The van der Waals surface area contributed by atoms with Crippen molar-refractivity contribution in [2.24, 2.45) is 0 Å². The molecule has 0 bridgehead atoms. The molecule has 0 saturated carbocycles. The summed E-state index contributed by atoms with van der Waals surface area (Å²) in [5.41, 5.74) is -0.214. The number of hydrogen-bond donors (Lipinski definition) is 1. The van der Waals surface area contributed by atoms with Gasteiger partial charge in [-0.25, -0.2) is 4.98 Å². The van der Waals surface area contributed by atoms with Crippen LogP contribution >= 0.6 is 0 Å². The lowest BCUT2D eigenvalue weighted by atomic mass is 10.4. The van der Waals surface area contributed by atoms with Crippen LogP contribution in [0, 0.1) is 10.1 Å². The molecular formula is C9H15N5O3. The summed E-state index contributed by atoms with van der Waals surface area (Å²) in [6.07, 6.45) is 1.25. The first-order chi connectivity index (χ1) is 8.11. The van der Waals surface area contributed by atoms with Gasteiger partial charge in [0.15, 0.2) is 0 Å². The van der Waals surface area contributed by atoms with E-state index in [0.29, 0.717) is 13.1 Å². The van der Waals surface area contributed by atoms with E-state index in [0.717, 1.165) is 0 Å². The Morgan fingerprint density at radius 3 is 2.82 bits per heavy atom. The summed E-state index contributed by atoms with van der Waals surface area (Å²) in [6.45, 7) is 1.29. The van der Waals surface area contributed by atoms with E-state index in [1.54, 1.807) is 11.9 Å². The highest BCUT2D eigenvalue weighted by Crippen LogP contribution is 2.32. The van der Waals surface area contributed by atoms with Crippen molar-refractivity contribution in [1.29, 1.82) is 0 Å². The molecule has 8 heteroatoms. The van der Waals surface area contributed by atoms with E-state index in [2.05, 4.69) is 15.3 Å². The molecule has 0 aliphatic heterocycles. The number of aromatic nitrogens is 2. The summed E-state index contributed by atoms with van der Waals surface area (Å²) >= 11 is 0. The fourth-order valence-electron chi connectivity index (χ4n) is 1.33. The van der Waals surface area contributed by atoms with E-state index < -0.39 is 4.92 Å². The summed E-state index contributed by atoms with van der Waals surface area (Å²) in [4.78, 5) is 19.8. The number of hydrogen-bond acceptors (Lipinski definition) is 7. The number of nitrogens with zero attached hydrogens (tertiary/aromatic N) is 4. The molecule has 1 rings (SSSR count). The molecule has 0 saturated heterocycles. The van der Waals surface area contributed by atoms with Gasteiger partial charge < -0.3 is 15.0 Å². The van der Waals surface area contributed by atoms with E-state index in [1.165, 1.54) is 13.4 Å². The Morgan fingerprint density at radius 2 is 2.29 bits per heavy atom. The minimum Gasteiger partial charge on any atom is -0.476 e. The standard InChI is InChI=1S/C9H15N5O3/c1-10-4-5-13(2)8-7(14(15)16)9(17-3)12-6-11-8/h6,10H,4-5H2,1-3H3. The number of rotatable bonds is 6. The summed E-state index contributed by atoms with van der Waals surface area (Å²) in [5.74, 6) is 0.216. The van der Waals surface area contributed by atoms with Crippen LogP contribution in [0.5, 0.6) is 5.88 Å². The van der Waals surface area contributed by atoms with Gasteiger partial charge in [-0.15, -0.1) is 0 Å². The van der Waals surface area contributed by atoms with Crippen molar-refractivity contribution in [3.05, 3.63) is 16.4 Å². The van der Waals surface area contributed by atoms with Crippen LogP contribution in [0.3, 0.4) is 0 Å². The van der Waals surface area contributed by atoms with E-state index >= 15 is 0 Å². The topological polar surface area (TPSA) is 93.4 Å². The highest BCUT2D eigenvalue weighted by atomic mass is 16.6. The molecule has 8 nitrogen and oxygen atoms in total. The van der Waals surface area contributed by atoms with Crippen LogP contribution in [0.4, 0.5) is 11.5 Å². The molecule has 0 radical (unpaired) electrons. The van der Waals surface area contributed by atoms with E-state index in [-0.39, 0.29) is 17.4 Å². The molecular weight excluding hydrogens is 226 g/mol. The van der Waals surface area contributed by atoms with Gasteiger partial charge in [-0.3, -0.25) is 10.1 Å². The Hall–Kier alpha value is -1.96. The van der Waals surface area contributed by atoms with E-state index in [4.69, 9.17) is 4.74 Å². The number of nitrogens with one attached hydrogen (secondary N) is 1. The molecule has 0 aromatic carbocycles. The van der Waals surface area contributed by atoms with E-state index in [1.807, 2.05) is 7.05 Å². The Kier molecular flexibility index (Phi) is 4.58. The molecule has 94 valence electrons. The van der Waals surface area contributed by atoms with Gasteiger partial charge >= 0.3 is 5.69 Å². The molecule has 0 amide bonds. The summed E-state index contributed by atoms with van der Waals surface area (Å²) in [6, 6.07) is 0. The lowest BCUT2D eigenvalue weighted by Crippen LogP contribution is -2.28. The number of methoxy groups -OCH3 is 1. The average molecular weight is 241 g/mol. The van der Waals surface area contributed by atoms with Crippen molar-refractivity contribution in [2.45, 2.75) is 0 Å². The highest BCUT2D eigenvalue weighted by molar-refractivity contribution is 5.62. The Labute approximate surface area is 98.8 Å². The normalized spacial score (nSPS) is 10.1. The number of ether oxygens (including phenoxy) is 1. The van der Waals surface area contributed by atoms with Crippen molar-refractivity contribution < 1.29 is 9.66 Å². The fraction of sp³-hybridized carbons (Fsp3) is 0.556. The molecule has 1 N–H and O–H groups in total. The van der Waals surface area contributed by atoms with Crippen LogP contribution in [0.15, 0.2) is 6.33 Å². The van der Waals surface area contributed by atoms with Crippen LogP contribution < -0.4 is 15.0 Å². The third-order valence-corrected chi connectivity index (χ3v) is 2.20. The second-order valence-electron chi connectivity index (χ2n) is 3.34. The minimum atomic E-state index is -0.538. The maximum absolute atomic E-state index is 11.0. The van der Waals surface area contributed by atoms with Gasteiger partial charge in [0, 0.05) is 20.1 Å². The number of nitro groups is 1. The van der Waals surface area contributed by atoms with Gasteiger partial charge in [0.2, 0.25) is 5.82 Å². The molecule has 1 heterocycles. The first kappa shape index (κ1) is 13.1. The molecule has 0 aliphatic carbocycles.